The number of nitrogens with zero attached hydrogens (tertiary/aromatic N) is 7. The topological polar surface area (TPSA) is 141 Å². The van der Waals surface area contributed by atoms with Crippen LogP contribution in [-0.2, 0) is 16.0 Å². The Morgan fingerprint density at radius 1 is 1.18 bits per heavy atom. The first-order valence-electron chi connectivity index (χ1n) is 12.7. The summed E-state index contributed by atoms with van der Waals surface area (Å²) >= 11 is 0. The van der Waals surface area contributed by atoms with Crippen LogP contribution in [0, 0.1) is 0 Å². The molecular formula is C27H27N9O4. The van der Waals surface area contributed by atoms with Gasteiger partial charge in [-0.15, -0.1) is 5.10 Å². The first kappa shape index (κ1) is 25.2. The van der Waals surface area contributed by atoms with Crippen LogP contribution in [0.25, 0.3) is 33.5 Å². The summed E-state index contributed by atoms with van der Waals surface area (Å²) in [5.41, 5.74) is 5.01. The normalized spacial score (nSPS) is 12.9. The number of hydrogen-bond acceptors (Lipinski definition) is 9. The third-order valence-electron chi connectivity index (χ3n) is 6.64. The van der Waals surface area contributed by atoms with E-state index in [1.807, 2.05) is 37.3 Å². The molecule has 2 N–H and O–H groups in total. The van der Waals surface area contributed by atoms with E-state index in [0.29, 0.717) is 58.8 Å². The van der Waals surface area contributed by atoms with E-state index in [9.17, 15) is 9.59 Å². The van der Waals surface area contributed by atoms with E-state index < -0.39 is 6.09 Å². The molecule has 0 saturated carbocycles. The van der Waals surface area contributed by atoms with Crippen LogP contribution in [0.4, 0.5) is 16.3 Å². The highest BCUT2D eigenvalue weighted by molar-refractivity contribution is 5.99. The van der Waals surface area contributed by atoms with Gasteiger partial charge < -0.3 is 19.7 Å². The van der Waals surface area contributed by atoms with Crippen LogP contribution in [0.15, 0.2) is 49.1 Å². The van der Waals surface area contributed by atoms with Crippen molar-refractivity contribution in [1.82, 2.24) is 34.3 Å². The molecule has 1 aliphatic heterocycles. The van der Waals surface area contributed by atoms with Crippen molar-refractivity contribution in [2.75, 3.05) is 45.0 Å². The van der Waals surface area contributed by atoms with E-state index in [4.69, 9.17) is 14.6 Å². The highest BCUT2D eigenvalue weighted by Gasteiger charge is 2.23. The minimum absolute atomic E-state index is 0.0381. The fraction of sp³-hybridized carbons (Fsp3) is 0.259. The van der Waals surface area contributed by atoms with Crippen LogP contribution < -0.4 is 15.4 Å². The largest absolute Gasteiger partial charge is 0.494 e. The number of benzene rings is 1. The number of ether oxygens (including phenoxy) is 2. The highest BCUT2D eigenvalue weighted by Crippen LogP contribution is 2.37. The van der Waals surface area contributed by atoms with Crippen molar-refractivity contribution >= 4 is 40.1 Å². The number of hydrogen-bond donors (Lipinski definition) is 2. The van der Waals surface area contributed by atoms with Gasteiger partial charge in [-0.1, -0.05) is 0 Å². The first-order chi connectivity index (χ1) is 19.4. The molecule has 5 heterocycles. The van der Waals surface area contributed by atoms with Crippen molar-refractivity contribution in [1.29, 1.82) is 0 Å². The molecule has 13 heteroatoms. The summed E-state index contributed by atoms with van der Waals surface area (Å²) in [5, 5.41) is 15.4. The van der Waals surface area contributed by atoms with Crippen molar-refractivity contribution in [3.8, 4) is 22.7 Å². The zero-order valence-corrected chi connectivity index (χ0v) is 22.2. The molecular weight excluding hydrogens is 514 g/mol. The smallest absolute Gasteiger partial charge is 0.412 e. The molecule has 1 aromatic carbocycles. The summed E-state index contributed by atoms with van der Waals surface area (Å²) < 4.78 is 14.4. The highest BCUT2D eigenvalue weighted by atomic mass is 16.5. The molecule has 0 radical (unpaired) electrons. The second-order valence-corrected chi connectivity index (χ2v) is 9.59. The van der Waals surface area contributed by atoms with E-state index >= 15 is 0 Å². The maximum absolute atomic E-state index is 12.6. The monoisotopic (exact) mass is 541 g/mol. The van der Waals surface area contributed by atoms with E-state index in [2.05, 4.69) is 25.7 Å². The van der Waals surface area contributed by atoms with Crippen LogP contribution in [0.5, 0.6) is 5.75 Å². The van der Waals surface area contributed by atoms with Crippen LogP contribution in [-0.4, -0.2) is 80.6 Å². The van der Waals surface area contributed by atoms with Gasteiger partial charge in [-0.05, 0) is 44.3 Å². The summed E-state index contributed by atoms with van der Waals surface area (Å²) in [6, 6.07) is 7.40. The zero-order chi connectivity index (χ0) is 27.8. The molecule has 4 aromatic heterocycles. The number of pyridine rings is 1. The molecule has 2 amide bonds. The molecule has 0 atom stereocenters. The van der Waals surface area contributed by atoms with Crippen molar-refractivity contribution in [3.05, 3.63) is 54.6 Å². The Kier molecular flexibility index (Phi) is 6.48. The third-order valence-corrected chi connectivity index (χ3v) is 6.64. The fourth-order valence-corrected chi connectivity index (χ4v) is 4.62. The number of aromatic nitrogens is 6. The van der Waals surface area contributed by atoms with Gasteiger partial charge in [-0.25, -0.2) is 19.0 Å². The Balaban J connectivity index is 1.48. The number of methoxy groups -OCH3 is 1. The number of aryl methyl sites for hydroxylation is 1. The van der Waals surface area contributed by atoms with Gasteiger partial charge in [-0.3, -0.25) is 15.1 Å². The number of nitrogens with one attached hydrogen (secondary N) is 2. The van der Waals surface area contributed by atoms with Crippen LogP contribution in [0.1, 0.15) is 12.0 Å². The molecule has 0 saturated heterocycles. The quantitative estimate of drug-likeness (QED) is 0.318. The molecule has 13 nitrogen and oxygen atoms in total. The fourth-order valence-electron chi connectivity index (χ4n) is 4.62. The molecule has 0 aliphatic carbocycles. The SMILES string of the molecule is COc1cc2c(cc1-n1nc(NC(=O)OCCN(C)C)c3cnc(-c4cnn5cccnc45)cc31)CCC(=O)N2. The predicted octanol–water partition coefficient (Wildman–Crippen LogP) is 3.13. The van der Waals surface area contributed by atoms with Crippen molar-refractivity contribution in [2.45, 2.75) is 12.8 Å². The Hall–Kier alpha value is -5.04. The Labute approximate surface area is 228 Å². The number of likely N-dealkylation sites (N-methyl/N-ethyl adjacent to an activating group) is 1. The van der Waals surface area contributed by atoms with Crippen LogP contribution >= 0.6 is 0 Å². The number of carbonyl (C=O) groups excluding carboxylic acids is 2. The molecule has 0 fully saturated rings. The molecule has 0 spiro atoms. The van der Waals surface area contributed by atoms with Gasteiger partial charge in [0.2, 0.25) is 5.91 Å². The molecule has 0 bridgehead atoms. The van der Waals surface area contributed by atoms with Crippen molar-refractivity contribution in [2.24, 2.45) is 0 Å². The molecule has 6 rings (SSSR count). The molecule has 40 heavy (non-hydrogen) atoms. The summed E-state index contributed by atoms with van der Waals surface area (Å²) in [6.07, 6.45) is 7.23. The van der Waals surface area contributed by atoms with Crippen molar-refractivity contribution < 1.29 is 19.1 Å². The van der Waals surface area contributed by atoms with Crippen LogP contribution in [0.3, 0.4) is 0 Å². The van der Waals surface area contributed by atoms with Gasteiger partial charge in [0.15, 0.2) is 11.5 Å². The van der Waals surface area contributed by atoms with Gasteiger partial charge >= 0.3 is 6.09 Å². The van der Waals surface area contributed by atoms with E-state index in [1.54, 1.807) is 47.0 Å². The first-order valence-corrected chi connectivity index (χ1v) is 12.7. The minimum Gasteiger partial charge on any atom is -0.494 e. The van der Waals surface area contributed by atoms with E-state index in [-0.39, 0.29) is 18.3 Å². The zero-order valence-electron chi connectivity index (χ0n) is 22.2. The second kappa shape index (κ2) is 10.3. The van der Waals surface area contributed by atoms with E-state index in [1.165, 1.54) is 0 Å². The minimum atomic E-state index is -0.621. The second-order valence-electron chi connectivity index (χ2n) is 9.59. The van der Waals surface area contributed by atoms with Gasteiger partial charge in [-0.2, -0.15) is 5.10 Å². The number of amides is 2. The maximum Gasteiger partial charge on any atom is 0.412 e. The molecule has 204 valence electrons. The Morgan fingerprint density at radius 2 is 2.05 bits per heavy atom. The van der Waals surface area contributed by atoms with Crippen LogP contribution in [0.2, 0.25) is 0 Å². The lowest BCUT2D eigenvalue weighted by Gasteiger charge is -2.20. The van der Waals surface area contributed by atoms with Gasteiger partial charge in [0, 0.05) is 43.3 Å². The maximum atomic E-state index is 12.6. The lowest BCUT2D eigenvalue weighted by molar-refractivity contribution is -0.116. The lowest BCUT2D eigenvalue weighted by atomic mass is 10.0. The van der Waals surface area contributed by atoms with Gasteiger partial charge in [0.25, 0.3) is 0 Å². The predicted molar refractivity (Wildman–Crippen MR) is 148 cm³/mol. The molecule has 0 unspecified atom stereocenters. The number of carbonyl (C=O) groups is 2. The summed E-state index contributed by atoms with van der Waals surface area (Å²) in [6.45, 7) is 0.816. The number of fused-ring (bicyclic) bond motifs is 3. The number of rotatable bonds is 7. The molecule has 1 aliphatic rings. The summed E-state index contributed by atoms with van der Waals surface area (Å²) in [4.78, 5) is 35.6. The van der Waals surface area contributed by atoms with Gasteiger partial charge in [0.05, 0.1) is 35.5 Å². The Morgan fingerprint density at radius 3 is 2.88 bits per heavy atom. The lowest BCUT2D eigenvalue weighted by Crippen LogP contribution is -2.22. The Bertz CT molecular complexity index is 1760. The average Bonchev–Trinajstić information content (AvgIpc) is 3.53. The summed E-state index contributed by atoms with van der Waals surface area (Å²) in [7, 11) is 5.35. The van der Waals surface area contributed by atoms with E-state index in [0.717, 1.165) is 11.1 Å². The third kappa shape index (κ3) is 4.66. The molecule has 5 aromatic rings. The average molecular weight is 542 g/mol. The number of anilines is 2. The van der Waals surface area contributed by atoms with Gasteiger partial charge in [0.1, 0.15) is 18.0 Å². The standard InChI is InChI=1S/C27H27N9O4/c1-34(2)9-10-40-27(38)32-25-18-14-29-20(17-15-30-35-8-4-7-28-26(17)35)12-21(18)36(33-25)22-11-16-5-6-24(37)31-19(16)13-23(22)39-3/h4,7-8,11-15H,5-6,9-10H2,1-3H3,(H,31,37)(H,32,33,38). The van der Waals surface area contributed by atoms with Crippen molar-refractivity contribution in [3.63, 3.8) is 0 Å². The summed E-state index contributed by atoms with van der Waals surface area (Å²) in [5.74, 6) is 0.750.